The second-order valence-electron chi connectivity index (χ2n) is 4.21. The highest BCUT2D eigenvalue weighted by Crippen LogP contribution is 2.26. The van der Waals surface area contributed by atoms with Crippen LogP contribution in [-0.2, 0) is 13.2 Å². The molecule has 0 aliphatic carbocycles. The molecule has 2 rings (SSSR count). The van der Waals surface area contributed by atoms with Gasteiger partial charge in [-0.15, -0.1) is 0 Å². The fourth-order valence-electron chi connectivity index (χ4n) is 1.72. The fourth-order valence-corrected chi connectivity index (χ4v) is 1.97. The molecule has 0 bridgehead atoms. The summed E-state index contributed by atoms with van der Waals surface area (Å²) in [6.07, 6.45) is 0. The predicted octanol–water partition coefficient (Wildman–Crippen LogP) is 3.78. The van der Waals surface area contributed by atoms with Crippen molar-refractivity contribution in [3.63, 3.8) is 0 Å². The Morgan fingerprint density at radius 2 is 1.79 bits per heavy atom. The van der Waals surface area contributed by atoms with Gasteiger partial charge in [0.15, 0.2) is 0 Å². The van der Waals surface area contributed by atoms with Crippen LogP contribution in [0, 0.1) is 5.82 Å². The SMILES string of the molecule is CNCc1ccc(OCc2ccc(F)cc2)c(Cl)c1. The fraction of sp³-hybridized carbons (Fsp3) is 0.200. The summed E-state index contributed by atoms with van der Waals surface area (Å²) in [5.74, 6) is 0.379. The molecule has 0 unspecified atom stereocenters. The lowest BCUT2D eigenvalue weighted by Crippen LogP contribution is -2.05. The lowest BCUT2D eigenvalue weighted by Gasteiger charge is -2.09. The van der Waals surface area contributed by atoms with E-state index in [0.717, 1.165) is 17.7 Å². The van der Waals surface area contributed by atoms with Gasteiger partial charge in [0.2, 0.25) is 0 Å². The van der Waals surface area contributed by atoms with E-state index >= 15 is 0 Å². The number of hydrogen-bond donors (Lipinski definition) is 1. The Hall–Kier alpha value is -1.58. The summed E-state index contributed by atoms with van der Waals surface area (Å²) >= 11 is 6.14. The maximum absolute atomic E-state index is 12.8. The highest BCUT2D eigenvalue weighted by Gasteiger charge is 2.03. The van der Waals surface area contributed by atoms with Gasteiger partial charge in [0.05, 0.1) is 5.02 Å². The van der Waals surface area contributed by atoms with E-state index in [0.29, 0.717) is 17.4 Å². The molecule has 19 heavy (non-hydrogen) atoms. The highest BCUT2D eigenvalue weighted by molar-refractivity contribution is 6.32. The van der Waals surface area contributed by atoms with E-state index in [2.05, 4.69) is 5.32 Å². The lowest BCUT2D eigenvalue weighted by atomic mass is 10.2. The number of hydrogen-bond acceptors (Lipinski definition) is 2. The van der Waals surface area contributed by atoms with Crippen molar-refractivity contribution in [3.8, 4) is 5.75 Å². The van der Waals surface area contributed by atoms with Crippen molar-refractivity contribution in [3.05, 3.63) is 64.4 Å². The predicted molar refractivity (Wildman–Crippen MR) is 74.9 cm³/mol. The Morgan fingerprint density at radius 3 is 2.42 bits per heavy atom. The highest BCUT2D eigenvalue weighted by atomic mass is 35.5. The van der Waals surface area contributed by atoms with Crippen LogP contribution < -0.4 is 10.1 Å². The average molecular weight is 280 g/mol. The summed E-state index contributed by atoms with van der Waals surface area (Å²) in [5.41, 5.74) is 2.00. The van der Waals surface area contributed by atoms with Gasteiger partial charge >= 0.3 is 0 Å². The smallest absolute Gasteiger partial charge is 0.138 e. The Labute approximate surface area is 117 Å². The van der Waals surface area contributed by atoms with Crippen LogP contribution >= 0.6 is 11.6 Å². The van der Waals surface area contributed by atoms with Gasteiger partial charge in [0.1, 0.15) is 18.2 Å². The average Bonchev–Trinajstić information content (AvgIpc) is 2.40. The summed E-state index contributed by atoms with van der Waals surface area (Å²) in [7, 11) is 1.88. The molecule has 2 nitrogen and oxygen atoms in total. The third-order valence-electron chi connectivity index (χ3n) is 2.68. The Morgan fingerprint density at radius 1 is 1.11 bits per heavy atom. The van der Waals surface area contributed by atoms with Gasteiger partial charge in [0, 0.05) is 6.54 Å². The van der Waals surface area contributed by atoms with Crippen molar-refractivity contribution in [2.24, 2.45) is 0 Å². The van der Waals surface area contributed by atoms with Crippen LogP contribution in [0.15, 0.2) is 42.5 Å². The number of benzene rings is 2. The molecule has 0 aliphatic heterocycles. The Kier molecular flexibility index (Phi) is 4.77. The normalized spacial score (nSPS) is 10.5. The summed E-state index contributed by atoms with van der Waals surface area (Å²) in [5, 5.41) is 3.64. The molecule has 0 saturated heterocycles. The lowest BCUT2D eigenvalue weighted by molar-refractivity contribution is 0.306. The van der Waals surface area contributed by atoms with E-state index < -0.39 is 0 Å². The van der Waals surface area contributed by atoms with E-state index in [1.54, 1.807) is 12.1 Å². The molecule has 4 heteroatoms. The van der Waals surface area contributed by atoms with Crippen molar-refractivity contribution in [2.75, 3.05) is 7.05 Å². The monoisotopic (exact) mass is 279 g/mol. The number of nitrogens with one attached hydrogen (secondary N) is 1. The molecule has 0 aromatic heterocycles. The largest absolute Gasteiger partial charge is 0.487 e. The zero-order chi connectivity index (χ0) is 13.7. The maximum Gasteiger partial charge on any atom is 0.138 e. The number of ether oxygens (including phenoxy) is 1. The molecule has 0 atom stereocenters. The first kappa shape index (κ1) is 13.8. The van der Waals surface area contributed by atoms with E-state index in [1.165, 1.54) is 12.1 Å². The van der Waals surface area contributed by atoms with Gasteiger partial charge < -0.3 is 10.1 Å². The molecule has 0 heterocycles. The molecule has 0 fully saturated rings. The van der Waals surface area contributed by atoms with Crippen molar-refractivity contribution < 1.29 is 9.13 Å². The minimum absolute atomic E-state index is 0.252. The van der Waals surface area contributed by atoms with Crippen molar-refractivity contribution in [1.29, 1.82) is 0 Å². The van der Waals surface area contributed by atoms with Crippen LogP contribution in [0.25, 0.3) is 0 Å². The second-order valence-corrected chi connectivity index (χ2v) is 4.62. The first-order valence-corrected chi connectivity index (χ1v) is 6.37. The quantitative estimate of drug-likeness (QED) is 0.899. The standard InChI is InChI=1S/C15H15ClFNO/c1-18-9-12-4-7-15(14(16)8-12)19-10-11-2-5-13(17)6-3-11/h2-8,18H,9-10H2,1H3. The Bertz CT molecular complexity index is 542. The summed E-state index contributed by atoms with van der Waals surface area (Å²) in [4.78, 5) is 0. The summed E-state index contributed by atoms with van der Waals surface area (Å²) in [6, 6.07) is 11.9. The van der Waals surface area contributed by atoms with E-state index in [1.807, 2.05) is 25.2 Å². The van der Waals surface area contributed by atoms with Gasteiger partial charge in [-0.05, 0) is 42.4 Å². The van der Waals surface area contributed by atoms with Crippen molar-refractivity contribution in [1.82, 2.24) is 5.32 Å². The zero-order valence-electron chi connectivity index (χ0n) is 10.6. The number of halogens is 2. The maximum atomic E-state index is 12.8. The van der Waals surface area contributed by atoms with Crippen LogP contribution in [0.3, 0.4) is 0 Å². The van der Waals surface area contributed by atoms with Gasteiger partial charge in [-0.1, -0.05) is 29.8 Å². The minimum atomic E-state index is -0.252. The summed E-state index contributed by atoms with van der Waals surface area (Å²) in [6.45, 7) is 1.13. The number of rotatable bonds is 5. The first-order chi connectivity index (χ1) is 9.19. The molecule has 0 aliphatic rings. The third kappa shape index (κ3) is 3.94. The molecule has 1 N–H and O–H groups in total. The molecular formula is C15H15ClFNO. The van der Waals surface area contributed by atoms with Gasteiger partial charge in [-0.3, -0.25) is 0 Å². The van der Waals surface area contributed by atoms with Crippen LogP contribution in [0.1, 0.15) is 11.1 Å². The Balaban J connectivity index is 2.01. The molecule has 100 valence electrons. The minimum Gasteiger partial charge on any atom is -0.487 e. The van der Waals surface area contributed by atoms with Gasteiger partial charge in [-0.2, -0.15) is 0 Å². The van der Waals surface area contributed by atoms with E-state index in [9.17, 15) is 4.39 Å². The van der Waals surface area contributed by atoms with E-state index in [-0.39, 0.29) is 5.82 Å². The van der Waals surface area contributed by atoms with Gasteiger partial charge in [-0.25, -0.2) is 4.39 Å². The molecule has 0 amide bonds. The molecule has 0 radical (unpaired) electrons. The molecule has 2 aromatic carbocycles. The van der Waals surface area contributed by atoms with Gasteiger partial charge in [0.25, 0.3) is 0 Å². The molecular weight excluding hydrogens is 265 g/mol. The molecule has 2 aromatic rings. The summed E-state index contributed by atoms with van der Waals surface area (Å²) < 4.78 is 18.4. The van der Waals surface area contributed by atoms with E-state index in [4.69, 9.17) is 16.3 Å². The third-order valence-corrected chi connectivity index (χ3v) is 2.98. The van der Waals surface area contributed by atoms with Crippen LogP contribution in [0.4, 0.5) is 4.39 Å². The molecule has 0 saturated carbocycles. The van der Waals surface area contributed by atoms with Crippen LogP contribution in [-0.4, -0.2) is 7.05 Å². The topological polar surface area (TPSA) is 21.3 Å². The van der Waals surface area contributed by atoms with Crippen molar-refractivity contribution >= 4 is 11.6 Å². The van der Waals surface area contributed by atoms with Crippen LogP contribution in [0.5, 0.6) is 5.75 Å². The molecule has 0 spiro atoms. The van der Waals surface area contributed by atoms with Crippen LogP contribution in [0.2, 0.25) is 5.02 Å². The second kappa shape index (κ2) is 6.55. The van der Waals surface area contributed by atoms with Crippen molar-refractivity contribution in [2.45, 2.75) is 13.2 Å². The first-order valence-electron chi connectivity index (χ1n) is 5.99. The zero-order valence-corrected chi connectivity index (χ0v) is 11.4.